The van der Waals surface area contributed by atoms with E-state index >= 15 is 0 Å². The third-order valence-electron chi connectivity index (χ3n) is 7.07. The minimum absolute atomic E-state index is 0.0415. The van der Waals surface area contributed by atoms with Crippen LogP contribution in [0, 0.1) is 12.7 Å². The van der Waals surface area contributed by atoms with Gasteiger partial charge >= 0.3 is 0 Å². The molecular weight excluding hydrogens is 451 g/mol. The number of rotatable bonds is 4. The van der Waals surface area contributed by atoms with Crippen LogP contribution < -0.4 is 15.1 Å². The fraction of sp³-hybridized carbons (Fsp3) is 0.417. The van der Waals surface area contributed by atoms with E-state index in [9.17, 15) is 9.18 Å². The molecule has 5 rings (SSSR count). The molecule has 2 aromatic heterocycles. The number of fused-ring (bicyclic) bond motifs is 1. The lowest BCUT2D eigenvalue weighted by molar-refractivity contribution is -0.117. The predicted octanol–water partition coefficient (Wildman–Crippen LogP) is 4.98. The zero-order valence-corrected chi connectivity index (χ0v) is 20.9. The predicted molar refractivity (Wildman–Crippen MR) is 133 cm³/mol. The highest BCUT2D eigenvalue weighted by Crippen LogP contribution is 2.39. The molecule has 1 saturated heterocycles. The Hall–Kier alpha value is -3.27. The Bertz CT molecular complexity index is 1220. The van der Waals surface area contributed by atoms with E-state index in [0.717, 1.165) is 24.2 Å². The number of oxazole rings is 1. The zero-order chi connectivity index (χ0) is 24.0. The first-order valence-electron chi connectivity index (χ1n) is 11.6. The first kappa shape index (κ1) is 22.5. The number of hydrogen-bond acceptors (Lipinski definition) is 7. The number of carbonyl (C=O) groups excluding carboxylic acids is 1. The van der Waals surface area contributed by atoms with Crippen LogP contribution in [0.4, 0.5) is 27.5 Å². The molecule has 10 heteroatoms. The highest BCUT2D eigenvalue weighted by molar-refractivity contribution is 6.77. The van der Waals surface area contributed by atoms with Crippen molar-refractivity contribution in [2.45, 2.75) is 51.0 Å². The molecule has 1 aromatic carbocycles. The molecule has 2 aliphatic heterocycles. The summed E-state index contributed by atoms with van der Waals surface area (Å²) in [5.74, 6) is 1.11. The van der Waals surface area contributed by atoms with Crippen LogP contribution in [-0.4, -0.2) is 48.6 Å². The number of halogens is 1. The summed E-state index contributed by atoms with van der Waals surface area (Å²) in [6.45, 7) is 7.07. The van der Waals surface area contributed by atoms with Crippen LogP contribution >= 0.6 is 0 Å². The van der Waals surface area contributed by atoms with Gasteiger partial charge in [-0.15, -0.1) is 8.07 Å². The van der Waals surface area contributed by atoms with Crippen LogP contribution in [0.15, 0.2) is 35.3 Å². The first-order valence-corrected chi connectivity index (χ1v) is 15.0. The second-order valence-electron chi connectivity index (χ2n) is 10.0. The van der Waals surface area contributed by atoms with Crippen molar-refractivity contribution in [2.75, 3.05) is 28.7 Å². The van der Waals surface area contributed by atoms with Gasteiger partial charge in [0.15, 0.2) is 18.0 Å². The van der Waals surface area contributed by atoms with Gasteiger partial charge in [-0.2, -0.15) is 30.2 Å². The van der Waals surface area contributed by atoms with Crippen LogP contribution in [-0.2, 0) is 4.79 Å². The summed E-state index contributed by atoms with van der Waals surface area (Å²) in [7, 11) is 0.628. The molecule has 0 bridgehead atoms. The van der Waals surface area contributed by atoms with E-state index in [1.165, 1.54) is 30.7 Å². The molecule has 179 valence electrons. The van der Waals surface area contributed by atoms with Crippen molar-refractivity contribution in [3.8, 4) is 11.3 Å². The van der Waals surface area contributed by atoms with E-state index in [4.69, 9.17) is 9.40 Å². The average molecular weight is 481 g/mol. The Labute approximate surface area is 199 Å². The highest BCUT2D eigenvalue weighted by atomic mass is 28.3. The number of aryl methyl sites for hydroxylation is 1. The molecule has 0 aliphatic carbocycles. The van der Waals surface area contributed by atoms with Crippen molar-refractivity contribution in [3.05, 3.63) is 42.3 Å². The minimum Gasteiger partial charge on any atom is -0.443 e. The molecule has 34 heavy (non-hydrogen) atoms. The maximum Gasteiger partial charge on any atom is 0.246 e. The number of hydrogen-bond donors (Lipinski definition) is 1. The molecule has 0 unspecified atom stereocenters. The van der Waals surface area contributed by atoms with E-state index in [0.29, 0.717) is 41.2 Å². The largest absolute Gasteiger partial charge is 0.443 e. The number of anilines is 4. The van der Waals surface area contributed by atoms with Gasteiger partial charge in [0, 0.05) is 18.8 Å². The van der Waals surface area contributed by atoms with E-state index in [-0.39, 0.29) is 5.91 Å². The van der Waals surface area contributed by atoms with E-state index in [2.05, 4.69) is 33.3 Å². The average Bonchev–Trinajstić information content (AvgIpc) is 3.33. The van der Waals surface area contributed by atoms with Crippen molar-refractivity contribution in [2.24, 2.45) is 0 Å². The molecule has 8 nitrogen and oxygen atoms in total. The first-order chi connectivity index (χ1) is 16.2. The van der Waals surface area contributed by atoms with Gasteiger partial charge in [-0.25, -0.2) is 14.4 Å². The van der Waals surface area contributed by atoms with E-state index in [1.54, 1.807) is 24.2 Å². The summed E-state index contributed by atoms with van der Waals surface area (Å²) < 4.78 is 20.1. The van der Waals surface area contributed by atoms with Crippen molar-refractivity contribution in [1.29, 1.82) is 0 Å². The van der Waals surface area contributed by atoms with E-state index in [1.807, 2.05) is 6.92 Å². The van der Waals surface area contributed by atoms with Gasteiger partial charge < -0.3 is 19.5 Å². The standard InChI is InChI=1S/C24H29FN6O2Si/c1-15-9-17(21-12-26-14-33-21)18(25)10-19(15)28-24-27-11-20-23(29-24)31(13-22(32)30(20)2)16-5-7-34(3,4)8-6-16/h9-12,14,16H,5-8,13H2,1-4H3,(H,27,28,29)/q-1. The molecule has 1 fully saturated rings. The summed E-state index contributed by atoms with van der Waals surface area (Å²) in [5, 5.41) is 3.17. The minimum atomic E-state index is -1.13. The smallest absolute Gasteiger partial charge is 0.246 e. The SMILES string of the molecule is Cc1cc(-c2cnco2)c(F)cc1Nc1ncc2c(n1)N(C1CC[Si-](C)(C)CC1)CC(=O)N2C. The van der Waals surface area contributed by atoms with Crippen molar-refractivity contribution in [3.63, 3.8) is 0 Å². The van der Waals surface area contributed by atoms with Crippen LogP contribution in [0.2, 0.25) is 25.2 Å². The summed E-state index contributed by atoms with van der Waals surface area (Å²) in [5.41, 5.74) is 2.44. The van der Waals surface area contributed by atoms with Crippen molar-refractivity contribution in [1.82, 2.24) is 15.0 Å². The lowest BCUT2D eigenvalue weighted by Gasteiger charge is -2.47. The van der Waals surface area contributed by atoms with Crippen molar-refractivity contribution >= 4 is 37.1 Å². The maximum absolute atomic E-state index is 14.8. The molecule has 1 N–H and O–H groups in total. The van der Waals surface area contributed by atoms with Gasteiger partial charge in [0.2, 0.25) is 11.9 Å². The summed E-state index contributed by atoms with van der Waals surface area (Å²) >= 11 is 0. The molecule has 2 aliphatic rings. The monoisotopic (exact) mass is 480 g/mol. The van der Waals surface area contributed by atoms with E-state index < -0.39 is 13.9 Å². The normalized spacial score (nSPS) is 18.2. The Balaban J connectivity index is 1.45. The number of aromatic nitrogens is 3. The van der Waals surface area contributed by atoms with Crippen LogP contribution in [0.5, 0.6) is 0 Å². The zero-order valence-electron chi connectivity index (χ0n) is 19.9. The number of benzene rings is 1. The third kappa shape index (κ3) is 4.18. The van der Waals surface area contributed by atoms with Crippen LogP contribution in [0.1, 0.15) is 18.4 Å². The number of carbonyl (C=O) groups is 1. The van der Waals surface area contributed by atoms with Gasteiger partial charge in [-0.1, -0.05) is 12.8 Å². The molecule has 0 radical (unpaired) electrons. The van der Waals surface area contributed by atoms with Crippen molar-refractivity contribution < 1.29 is 13.6 Å². The molecule has 1 amide bonds. The molecule has 0 spiro atoms. The fourth-order valence-corrected chi connectivity index (χ4v) is 7.29. The number of likely N-dealkylation sites (N-methyl/N-ethyl adjacent to an activating group) is 1. The maximum atomic E-state index is 14.8. The third-order valence-corrected chi connectivity index (χ3v) is 10.4. The lowest BCUT2D eigenvalue weighted by atomic mass is 10.1. The van der Waals surface area contributed by atoms with Crippen LogP contribution in [0.3, 0.4) is 0 Å². The second-order valence-corrected chi connectivity index (χ2v) is 15.3. The summed E-state index contributed by atoms with van der Waals surface area (Å²) in [6.07, 6.45) is 6.59. The van der Waals surface area contributed by atoms with Gasteiger partial charge in [-0.3, -0.25) is 4.79 Å². The molecule has 3 aromatic rings. The lowest BCUT2D eigenvalue weighted by Crippen LogP contribution is -2.51. The Kier molecular flexibility index (Phi) is 5.63. The highest BCUT2D eigenvalue weighted by Gasteiger charge is 2.34. The van der Waals surface area contributed by atoms with Gasteiger partial charge in [0.05, 0.1) is 24.5 Å². The Morgan fingerprint density at radius 2 is 1.97 bits per heavy atom. The summed E-state index contributed by atoms with van der Waals surface area (Å²) in [4.78, 5) is 29.6. The molecular formula is C24H29FN6O2Si-. The number of nitrogens with zero attached hydrogens (tertiary/aromatic N) is 5. The fourth-order valence-electron chi connectivity index (χ4n) is 4.81. The van der Waals surface area contributed by atoms with Gasteiger partial charge in [0.1, 0.15) is 11.5 Å². The van der Waals surface area contributed by atoms with Gasteiger partial charge in [0.25, 0.3) is 0 Å². The Morgan fingerprint density at radius 3 is 2.68 bits per heavy atom. The quantitative estimate of drug-likeness (QED) is 0.527. The van der Waals surface area contributed by atoms with Gasteiger partial charge in [-0.05, 0) is 24.6 Å². The number of amides is 1. The topological polar surface area (TPSA) is 87.4 Å². The summed E-state index contributed by atoms with van der Waals surface area (Å²) in [6, 6.07) is 5.92. The molecule has 0 atom stereocenters. The second kappa shape index (κ2) is 8.50. The molecule has 4 heterocycles. The number of nitrogens with one attached hydrogen (secondary N) is 1. The Morgan fingerprint density at radius 1 is 1.21 bits per heavy atom. The van der Waals surface area contributed by atoms with Crippen LogP contribution in [0.25, 0.3) is 11.3 Å². The molecule has 0 saturated carbocycles.